The van der Waals surface area contributed by atoms with Gasteiger partial charge in [0.1, 0.15) is 5.69 Å². The highest BCUT2D eigenvalue weighted by Crippen LogP contribution is 2.38. The summed E-state index contributed by atoms with van der Waals surface area (Å²) in [5.74, 6) is 0.498. The monoisotopic (exact) mass is 310 g/mol. The van der Waals surface area contributed by atoms with Gasteiger partial charge in [-0.3, -0.25) is 10.1 Å². The molecule has 1 aliphatic carbocycles. The van der Waals surface area contributed by atoms with Crippen molar-refractivity contribution in [3.63, 3.8) is 0 Å². The summed E-state index contributed by atoms with van der Waals surface area (Å²) in [5, 5.41) is 15.4. The van der Waals surface area contributed by atoms with Gasteiger partial charge in [-0.15, -0.1) is 0 Å². The maximum atomic E-state index is 11.3. The van der Waals surface area contributed by atoms with Crippen LogP contribution in [0.3, 0.4) is 0 Å². The lowest BCUT2D eigenvalue weighted by Gasteiger charge is -2.20. The average molecular weight is 310 g/mol. The summed E-state index contributed by atoms with van der Waals surface area (Å²) in [7, 11) is 0. The molecule has 0 bridgehead atoms. The number of aromatic nitrogens is 2. The summed E-state index contributed by atoms with van der Waals surface area (Å²) in [5.41, 5.74) is 0.500. The summed E-state index contributed by atoms with van der Waals surface area (Å²) < 4.78 is 0. The average Bonchev–Trinajstić information content (AvgIpc) is 2.45. The Kier molecular flexibility index (Phi) is 5.78. The third-order valence-electron chi connectivity index (χ3n) is 3.57. The number of aryl methyl sites for hydroxylation is 1. The highest BCUT2D eigenvalue weighted by molar-refractivity contribution is 8.00. The van der Waals surface area contributed by atoms with Crippen molar-refractivity contribution in [3.05, 3.63) is 15.8 Å². The van der Waals surface area contributed by atoms with E-state index in [-0.39, 0.29) is 10.6 Å². The van der Waals surface area contributed by atoms with Crippen LogP contribution in [0.2, 0.25) is 0 Å². The van der Waals surface area contributed by atoms with E-state index in [9.17, 15) is 10.1 Å². The topological polar surface area (TPSA) is 81.0 Å². The molecule has 0 saturated heterocycles. The van der Waals surface area contributed by atoms with Crippen molar-refractivity contribution in [3.8, 4) is 0 Å². The van der Waals surface area contributed by atoms with E-state index in [2.05, 4.69) is 22.2 Å². The van der Waals surface area contributed by atoms with E-state index in [4.69, 9.17) is 0 Å². The first kappa shape index (κ1) is 16.0. The molecule has 7 heteroatoms. The molecule has 2 rings (SSSR count). The van der Waals surface area contributed by atoms with E-state index >= 15 is 0 Å². The van der Waals surface area contributed by atoms with Gasteiger partial charge in [-0.1, -0.05) is 37.9 Å². The zero-order chi connectivity index (χ0) is 15.2. The number of nitrogens with one attached hydrogen (secondary N) is 1. The molecule has 1 fully saturated rings. The van der Waals surface area contributed by atoms with Crippen molar-refractivity contribution in [2.45, 2.75) is 62.6 Å². The third kappa shape index (κ3) is 4.30. The first-order valence-electron chi connectivity index (χ1n) is 7.55. The van der Waals surface area contributed by atoms with Gasteiger partial charge >= 0.3 is 5.69 Å². The molecular weight excluding hydrogens is 288 g/mol. The second-order valence-electron chi connectivity index (χ2n) is 5.35. The second-order valence-corrected chi connectivity index (χ2v) is 6.64. The maximum Gasteiger partial charge on any atom is 0.322 e. The van der Waals surface area contributed by atoms with Crippen LogP contribution in [0.4, 0.5) is 11.6 Å². The second kappa shape index (κ2) is 7.59. The van der Waals surface area contributed by atoms with Crippen LogP contribution in [0.5, 0.6) is 0 Å². The molecule has 1 heterocycles. The normalized spacial score (nSPS) is 15.9. The molecule has 116 valence electrons. The first-order valence-corrected chi connectivity index (χ1v) is 8.43. The number of hydrogen-bond acceptors (Lipinski definition) is 6. The fourth-order valence-electron chi connectivity index (χ4n) is 2.49. The molecule has 1 aromatic rings. The van der Waals surface area contributed by atoms with E-state index in [1.165, 1.54) is 19.3 Å². The fraction of sp³-hybridized carbons (Fsp3) is 0.714. The Morgan fingerprint density at radius 2 is 2.05 bits per heavy atom. The molecule has 6 nitrogen and oxygen atoms in total. The van der Waals surface area contributed by atoms with E-state index in [1.807, 2.05) is 0 Å². The van der Waals surface area contributed by atoms with Crippen LogP contribution in [0.25, 0.3) is 0 Å². The largest absolute Gasteiger partial charge is 0.354 e. The van der Waals surface area contributed by atoms with Crippen molar-refractivity contribution >= 4 is 23.4 Å². The standard InChI is InChI=1S/C14H22N4O2S/c1-3-9-15-14-16-10(2)12(18(19)20)13(17-14)21-11-7-5-4-6-8-11/h11H,3-9H2,1-2H3,(H,15,16,17). The van der Waals surface area contributed by atoms with E-state index in [1.54, 1.807) is 18.7 Å². The predicted octanol–water partition coefficient (Wildman–Crippen LogP) is 3.94. The summed E-state index contributed by atoms with van der Waals surface area (Å²) in [6, 6.07) is 0. The molecule has 0 atom stereocenters. The Hall–Kier alpha value is -1.37. The minimum Gasteiger partial charge on any atom is -0.354 e. The molecule has 1 N–H and O–H groups in total. The van der Waals surface area contributed by atoms with Crippen molar-refractivity contribution in [1.29, 1.82) is 0 Å². The van der Waals surface area contributed by atoms with Gasteiger partial charge in [-0.2, -0.15) is 4.98 Å². The Morgan fingerprint density at radius 3 is 2.67 bits per heavy atom. The molecule has 1 aromatic heterocycles. The lowest BCUT2D eigenvalue weighted by Crippen LogP contribution is -2.12. The molecule has 21 heavy (non-hydrogen) atoms. The Morgan fingerprint density at radius 1 is 1.33 bits per heavy atom. The SMILES string of the molecule is CCCNc1nc(C)c([N+](=O)[O-])c(SC2CCCCC2)n1. The Labute approximate surface area is 129 Å². The van der Waals surface area contributed by atoms with Gasteiger partial charge in [0.25, 0.3) is 0 Å². The summed E-state index contributed by atoms with van der Waals surface area (Å²) in [4.78, 5) is 19.5. The number of nitrogens with zero attached hydrogens (tertiary/aromatic N) is 3. The van der Waals surface area contributed by atoms with Crippen molar-refractivity contribution in [2.75, 3.05) is 11.9 Å². The van der Waals surface area contributed by atoms with Crippen molar-refractivity contribution in [1.82, 2.24) is 9.97 Å². The number of hydrogen-bond donors (Lipinski definition) is 1. The van der Waals surface area contributed by atoms with Crippen LogP contribution in [0.1, 0.15) is 51.1 Å². The quantitative estimate of drug-likeness (QED) is 0.487. The van der Waals surface area contributed by atoms with Crippen LogP contribution in [-0.2, 0) is 0 Å². The smallest absolute Gasteiger partial charge is 0.322 e. The summed E-state index contributed by atoms with van der Waals surface area (Å²) in [6.45, 7) is 4.51. The highest BCUT2D eigenvalue weighted by Gasteiger charge is 2.26. The van der Waals surface area contributed by atoms with Crippen LogP contribution < -0.4 is 5.32 Å². The van der Waals surface area contributed by atoms with Crippen molar-refractivity contribution in [2.24, 2.45) is 0 Å². The van der Waals surface area contributed by atoms with Gasteiger partial charge in [0.15, 0.2) is 5.03 Å². The number of anilines is 1. The van der Waals surface area contributed by atoms with Gasteiger partial charge in [-0.05, 0) is 26.2 Å². The third-order valence-corrected chi connectivity index (χ3v) is 4.89. The van der Waals surface area contributed by atoms with Gasteiger partial charge in [0, 0.05) is 11.8 Å². The van der Waals surface area contributed by atoms with E-state index in [0.717, 1.165) is 25.8 Å². The molecule has 0 spiro atoms. The Balaban J connectivity index is 2.25. The molecule has 0 unspecified atom stereocenters. The summed E-state index contributed by atoms with van der Waals surface area (Å²) in [6.07, 6.45) is 6.87. The van der Waals surface area contributed by atoms with Crippen LogP contribution in [-0.4, -0.2) is 26.7 Å². The minimum atomic E-state index is -0.357. The van der Waals surface area contributed by atoms with E-state index in [0.29, 0.717) is 21.9 Å². The zero-order valence-electron chi connectivity index (χ0n) is 12.6. The minimum absolute atomic E-state index is 0.0626. The molecule has 1 aliphatic rings. The van der Waals surface area contributed by atoms with Gasteiger partial charge in [0.2, 0.25) is 5.95 Å². The number of rotatable bonds is 6. The van der Waals surface area contributed by atoms with Gasteiger partial charge in [0.05, 0.1) is 4.92 Å². The molecule has 0 amide bonds. The molecule has 1 saturated carbocycles. The maximum absolute atomic E-state index is 11.3. The molecular formula is C14H22N4O2S. The van der Waals surface area contributed by atoms with Crippen LogP contribution in [0.15, 0.2) is 5.03 Å². The zero-order valence-corrected chi connectivity index (χ0v) is 13.4. The lowest BCUT2D eigenvalue weighted by molar-refractivity contribution is -0.389. The van der Waals surface area contributed by atoms with Gasteiger partial charge < -0.3 is 5.32 Å². The number of thioether (sulfide) groups is 1. The van der Waals surface area contributed by atoms with Gasteiger partial charge in [-0.25, -0.2) is 4.98 Å². The lowest BCUT2D eigenvalue weighted by atomic mass is 10.0. The predicted molar refractivity (Wildman–Crippen MR) is 84.9 cm³/mol. The first-order chi connectivity index (χ1) is 10.1. The van der Waals surface area contributed by atoms with Crippen LogP contribution in [0, 0.1) is 17.0 Å². The molecule has 0 aromatic carbocycles. The highest BCUT2D eigenvalue weighted by atomic mass is 32.2. The molecule has 0 radical (unpaired) electrons. The van der Waals surface area contributed by atoms with E-state index < -0.39 is 0 Å². The van der Waals surface area contributed by atoms with Crippen LogP contribution >= 0.6 is 11.8 Å². The summed E-state index contributed by atoms with van der Waals surface area (Å²) >= 11 is 1.55. The fourth-order valence-corrected chi connectivity index (χ4v) is 3.85. The molecule has 0 aliphatic heterocycles. The number of nitro groups is 1. The Bertz CT molecular complexity index is 504. The van der Waals surface area contributed by atoms with Crippen molar-refractivity contribution < 1.29 is 4.92 Å².